The molecule has 4 heteroatoms. The highest BCUT2D eigenvalue weighted by molar-refractivity contribution is 6.31. The van der Waals surface area contributed by atoms with Gasteiger partial charge in [0.05, 0.1) is 0 Å². The molecule has 116 valence electrons. The number of hydrogen-bond acceptors (Lipinski definition) is 2. The van der Waals surface area contributed by atoms with Gasteiger partial charge >= 0.3 is 0 Å². The number of hydrogen-bond donors (Lipinski definition) is 1. The van der Waals surface area contributed by atoms with Crippen molar-refractivity contribution in [3.63, 3.8) is 0 Å². The van der Waals surface area contributed by atoms with Gasteiger partial charge in [-0.2, -0.15) is 0 Å². The molecule has 3 nitrogen and oxygen atoms in total. The van der Waals surface area contributed by atoms with E-state index in [1.807, 2.05) is 43.3 Å². The molecule has 2 aromatic rings. The Morgan fingerprint density at radius 3 is 2.68 bits per heavy atom. The maximum Gasteiger partial charge on any atom is 0.262 e. The SMILES string of the molecule is Cc1ccc(NC(=O)COc2cccc(C(C)C)c2)cc1Cl. The van der Waals surface area contributed by atoms with E-state index in [2.05, 4.69) is 19.2 Å². The molecule has 0 saturated carbocycles. The van der Waals surface area contributed by atoms with E-state index in [1.54, 1.807) is 6.07 Å². The van der Waals surface area contributed by atoms with Crippen LogP contribution in [0.1, 0.15) is 30.9 Å². The predicted molar refractivity (Wildman–Crippen MR) is 90.8 cm³/mol. The third-order valence-electron chi connectivity index (χ3n) is 3.35. The van der Waals surface area contributed by atoms with Crippen molar-refractivity contribution in [3.8, 4) is 5.75 Å². The molecule has 0 fully saturated rings. The van der Waals surface area contributed by atoms with E-state index in [-0.39, 0.29) is 12.5 Å². The number of carbonyl (C=O) groups excluding carboxylic acids is 1. The summed E-state index contributed by atoms with van der Waals surface area (Å²) in [4.78, 5) is 11.9. The fraction of sp³-hybridized carbons (Fsp3) is 0.278. The molecule has 1 N–H and O–H groups in total. The van der Waals surface area contributed by atoms with Crippen molar-refractivity contribution in [2.45, 2.75) is 26.7 Å². The normalized spacial score (nSPS) is 10.6. The second kappa shape index (κ2) is 7.32. The van der Waals surface area contributed by atoms with E-state index in [1.165, 1.54) is 5.56 Å². The molecule has 0 saturated heterocycles. The number of rotatable bonds is 5. The highest BCUT2D eigenvalue weighted by Crippen LogP contribution is 2.21. The van der Waals surface area contributed by atoms with E-state index in [0.717, 1.165) is 5.56 Å². The van der Waals surface area contributed by atoms with Crippen LogP contribution in [0.2, 0.25) is 5.02 Å². The number of ether oxygens (including phenoxy) is 1. The largest absolute Gasteiger partial charge is 0.484 e. The second-order valence-corrected chi connectivity index (χ2v) is 5.94. The number of anilines is 1. The number of carbonyl (C=O) groups is 1. The first-order chi connectivity index (χ1) is 10.5. The summed E-state index contributed by atoms with van der Waals surface area (Å²) >= 11 is 6.03. The first-order valence-electron chi connectivity index (χ1n) is 7.24. The predicted octanol–water partition coefficient (Wildman–Crippen LogP) is 4.79. The highest BCUT2D eigenvalue weighted by Gasteiger charge is 2.06. The summed E-state index contributed by atoms with van der Waals surface area (Å²) in [7, 11) is 0. The number of amides is 1. The molecule has 0 heterocycles. The van der Waals surface area contributed by atoms with Gasteiger partial charge in [-0.1, -0.05) is 43.6 Å². The Hall–Kier alpha value is -2.00. The average Bonchev–Trinajstić information content (AvgIpc) is 2.49. The third-order valence-corrected chi connectivity index (χ3v) is 3.76. The molecule has 0 bridgehead atoms. The van der Waals surface area contributed by atoms with Gasteiger partial charge in [0.1, 0.15) is 5.75 Å². The summed E-state index contributed by atoms with van der Waals surface area (Å²) in [5, 5.41) is 3.40. The molecule has 0 spiro atoms. The smallest absolute Gasteiger partial charge is 0.262 e. The molecule has 0 aromatic heterocycles. The van der Waals surface area contributed by atoms with Gasteiger partial charge in [0.15, 0.2) is 6.61 Å². The molecule has 2 aromatic carbocycles. The Balaban J connectivity index is 1.92. The molecule has 22 heavy (non-hydrogen) atoms. The van der Waals surface area contributed by atoms with E-state index >= 15 is 0 Å². The monoisotopic (exact) mass is 317 g/mol. The molecule has 0 radical (unpaired) electrons. The van der Waals surface area contributed by atoms with Crippen molar-refractivity contribution < 1.29 is 9.53 Å². The molecule has 2 rings (SSSR count). The molecular formula is C18H20ClNO2. The summed E-state index contributed by atoms with van der Waals surface area (Å²) in [5.74, 6) is 0.908. The van der Waals surface area contributed by atoms with Gasteiger partial charge in [0.2, 0.25) is 0 Å². The van der Waals surface area contributed by atoms with Crippen molar-refractivity contribution in [2.24, 2.45) is 0 Å². The number of halogens is 1. The van der Waals surface area contributed by atoms with Crippen LogP contribution in [0.15, 0.2) is 42.5 Å². The Labute approximate surface area is 136 Å². The highest BCUT2D eigenvalue weighted by atomic mass is 35.5. The van der Waals surface area contributed by atoms with Crippen LogP contribution in [-0.4, -0.2) is 12.5 Å². The maximum atomic E-state index is 11.9. The van der Waals surface area contributed by atoms with Gasteiger partial charge < -0.3 is 10.1 Å². The number of benzene rings is 2. The minimum absolute atomic E-state index is 0.0347. The Bertz CT molecular complexity index is 668. The molecule has 0 aliphatic heterocycles. The van der Waals surface area contributed by atoms with Crippen molar-refractivity contribution in [3.05, 3.63) is 58.6 Å². The number of nitrogens with one attached hydrogen (secondary N) is 1. The van der Waals surface area contributed by atoms with Crippen LogP contribution < -0.4 is 10.1 Å². The van der Waals surface area contributed by atoms with E-state index < -0.39 is 0 Å². The minimum atomic E-state index is -0.213. The lowest BCUT2D eigenvalue weighted by Crippen LogP contribution is -2.20. The summed E-state index contributed by atoms with van der Waals surface area (Å²) in [5.41, 5.74) is 2.82. The molecular weight excluding hydrogens is 298 g/mol. The van der Waals surface area contributed by atoms with E-state index in [0.29, 0.717) is 22.4 Å². The van der Waals surface area contributed by atoms with Crippen LogP contribution in [0.4, 0.5) is 5.69 Å². The Morgan fingerprint density at radius 2 is 2.00 bits per heavy atom. The standard InChI is InChI=1S/C18H20ClNO2/c1-12(2)14-5-4-6-16(9-14)22-11-18(21)20-15-8-7-13(3)17(19)10-15/h4-10,12H,11H2,1-3H3,(H,20,21). The second-order valence-electron chi connectivity index (χ2n) is 5.53. The van der Waals surface area contributed by atoms with Crippen molar-refractivity contribution in [1.29, 1.82) is 0 Å². The minimum Gasteiger partial charge on any atom is -0.484 e. The Kier molecular flexibility index (Phi) is 5.45. The van der Waals surface area contributed by atoms with Crippen molar-refractivity contribution in [2.75, 3.05) is 11.9 Å². The lowest BCUT2D eigenvalue weighted by molar-refractivity contribution is -0.118. The fourth-order valence-corrected chi connectivity index (χ4v) is 2.16. The zero-order valence-electron chi connectivity index (χ0n) is 13.0. The summed E-state index contributed by atoms with van der Waals surface area (Å²) in [6, 6.07) is 13.2. The zero-order valence-corrected chi connectivity index (χ0v) is 13.8. The van der Waals surface area contributed by atoms with Crippen LogP contribution in [0.5, 0.6) is 5.75 Å². The summed E-state index contributed by atoms with van der Waals surface area (Å²) in [6.07, 6.45) is 0. The van der Waals surface area contributed by atoms with Gasteiger partial charge in [-0.3, -0.25) is 4.79 Å². The maximum absolute atomic E-state index is 11.9. The molecule has 0 aliphatic rings. The van der Waals surface area contributed by atoms with Crippen LogP contribution in [-0.2, 0) is 4.79 Å². The van der Waals surface area contributed by atoms with Crippen LogP contribution in [0, 0.1) is 6.92 Å². The number of aryl methyl sites for hydroxylation is 1. The van der Waals surface area contributed by atoms with Crippen molar-refractivity contribution in [1.82, 2.24) is 0 Å². The summed E-state index contributed by atoms with van der Waals surface area (Å²) < 4.78 is 5.54. The fourth-order valence-electron chi connectivity index (χ4n) is 1.98. The molecule has 0 unspecified atom stereocenters. The molecule has 1 amide bonds. The first-order valence-corrected chi connectivity index (χ1v) is 7.62. The zero-order chi connectivity index (χ0) is 16.1. The van der Waals surface area contributed by atoms with Gasteiger partial charge in [-0.05, 0) is 48.2 Å². The van der Waals surface area contributed by atoms with Gasteiger partial charge in [-0.15, -0.1) is 0 Å². The molecule has 0 atom stereocenters. The van der Waals surface area contributed by atoms with Gasteiger partial charge in [-0.25, -0.2) is 0 Å². The lowest BCUT2D eigenvalue weighted by Gasteiger charge is -2.10. The third kappa shape index (κ3) is 4.50. The van der Waals surface area contributed by atoms with E-state index in [9.17, 15) is 4.79 Å². The average molecular weight is 318 g/mol. The van der Waals surface area contributed by atoms with Crippen molar-refractivity contribution >= 4 is 23.2 Å². The Morgan fingerprint density at radius 1 is 1.23 bits per heavy atom. The van der Waals surface area contributed by atoms with Gasteiger partial charge in [0.25, 0.3) is 5.91 Å². The van der Waals surface area contributed by atoms with E-state index in [4.69, 9.17) is 16.3 Å². The molecule has 0 aliphatic carbocycles. The summed E-state index contributed by atoms with van der Waals surface area (Å²) in [6.45, 7) is 6.12. The van der Waals surface area contributed by atoms with Crippen LogP contribution in [0.3, 0.4) is 0 Å². The first kappa shape index (κ1) is 16.4. The van der Waals surface area contributed by atoms with Crippen LogP contribution in [0.25, 0.3) is 0 Å². The van der Waals surface area contributed by atoms with Gasteiger partial charge in [0, 0.05) is 10.7 Å². The van der Waals surface area contributed by atoms with Crippen LogP contribution >= 0.6 is 11.6 Å². The quantitative estimate of drug-likeness (QED) is 0.861. The topological polar surface area (TPSA) is 38.3 Å². The lowest BCUT2D eigenvalue weighted by atomic mass is 10.0.